The van der Waals surface area contributed by atoms with Crippen molar-refractivity contribution in [3.8, 4) is 0 Å². The average Bonchev–Trinajstić information content (AvgIpc) is 2.94. The molecule has 0 aliphatic carbocycles. The summed E-state index contributed by atoms with van der Waals surface area (Å²) >= 11 is 0. The van der Waals surface area contributed by atoms with Gasteiger partial charge >= 0.3 is 0 Å². The van der Waals surface area contributed by atoms with E-state index in [0.29, 0.717) is 5.56 Å². The molecule has 0 bridgehead atoms. The van der Waals surface area contributed by atoms with Crippen LogP contribution in [0.25, 0.3) is 0 Å². The highest BCUT2D eigenvalue weighted by molar-refractivity contribution is 7.92. The molecule has 1 saturated heterocycles. The van der Waals surface area contributed by atoms with Crippen molar-refractivity contribution >= 4 is 39.3 Å². The van der Waals surface area contributed by atoms with E-state index in [-0.39, 0.29) is 29.7 Å². The Morgan fingerprint density at radius 3 is 2.45 bits per heavy atom. The molecule has 4 rings (SSSR count). The summed E-state index contributed by atoms with van der Waals surface area (Å²) in [7, 11) is -4.30. The molecule has 1 atom stereocenters. The number of hydrogen-bond acceptors (Lipinski definition) is 6. The van der Waals surface area contributed by atoms with Gasteiger partial charge in [-0.15, -0.1) is 0 Å². The number of benzene rings is 2. The fourth-order valence-corrected chi connectivity index (χ4v) is 4.77. The first-order valence-electron chi connectivity index (χ1n) is 9.23. The number of piperidine rings is 1. The Morgan fingerprint density at radius 1 is 1.03 bits per heavy atom. The number of carbonyl (C=O) groups excluding carboxylic acids is 4. The fraction of sp³-hybridized carbons (Fsp3) is 0.200. The van der Waals surface area contributed by atoms with Crippen molar-refractivity contribution in [2.24, 2.45) is 0 Å². The normalized spacial score (nSPS) is 18.8. The first kappa shape index (κ1) is 20.7. The van der Waals surface area contributed by atoms with Gasteiger partial charge in [0.25, 0.3) is 21.8 Å². The molecular formula is C20H16FN3O6S. The summed E-state index contributed by atoms with van der Waals surface area (Å²) in [5.74, 6) is -3.67. The summed E-state index contributed by atoms with van der Waals surface area (Å²) in [6.45, 7) is 1.61. The molecule has 0 saturated carbocycles. The molecule has 11 heteroatoms. The van der Waals surface area contributed by atoms with Crippen LogP contribution in [0.15, 0.2) is 41.3 Å². The third-order valence-corrected chi connectivity index (χ3v) is 6.46. The molecule has 2 heterocycles. The molecule has 1 unspecified atom stereocenters. The number of hydrogen-bond donors (Lipinski definition) is 2. The Balaban J connectivity index is 1.64. The predicted molar refractivity (Wildman–Crippen MR) is 105 cm³/mol. The summed E-state index contributed by atoms with van der Waals surface area (Å²) < 4.78 is 41.5. The minimum absolute atomic E-state index is 0.000570. The van der Waals surface area contributed by atoms with E-state index >= 15 is 0 Å². The van der Waals surface area contributed by atoms with Crippen LogP contribution in [0.1, 0.15) is 39.1 Å². The Kier molecular flexibility index (Phi) is 4.85. The summed E-state index contributed by atoms with van der Waals surface area (Å²) in [6, 6.07) is 6.18. The molecule has 31 heavy (non-hydrogen) atoms. The van der Waals surface area contributed by atoms with E-state index in [2.05, 4.69) is 10.0 Å². The minimum atomic E-state index is -4.30. The SMILES string of the molecule is Cc1ccc(F)c(S(=O)(=O)Nc2ccc3c(c2)C(=O)N(C2CCC(=O)NC2=O)C3=O)c1. The van der Waals surface area contributed by atoms with Crippen LogP contribution in [-0.2, 0) is 19.6 Å². The average molecular weight is 445 g/mol. The molecular weight excluding hydrogens is 429 g/mol. The van der Waals surface area contributed by atoms with Crippen LogP contribution in [0, 0.1) is 12.7 Å². The predicted octanol–water partition coefficient (Wildman–Crippen LogP) is 1.34. The molecule has 2 aromatic rings. The fourth-order valence-electron chi connectivity index (χ4n) is 3.56. The molecule has 1 fully saturated rings. The lowest BCUT2D eigenvalue weighted by atomic mass is 10.0. The number of halogens is 1. The summed E-state index contributed by atoms with van der Waals surface area (Å²) in [5, 5.41) is 2.09. The van der Waals surface area contributed by atoms with Gasteiger partial charge in [0.1, 0.15) is 16.8 Å². The van der Waals surface area contributed by atoms with E-state index in [1.165, 1.54) is 24.3 Å². The van der Waals surface area contributed by atoms with Gasteiger partial charge in [-0.25, -0.2) is 12.8 Å². The number of aryl methyl sites for hydroxylation is 1. The number of anilines is 1. The number of fused-ring (bicyclic) bond motifs is 1. The van der Waals surface area contributed by atoms with E-state index in [1.54, 1.807) is 6.92 Å². The van der Waals surface area contributed by atoms with Gasteiger partial charge in [0.15, 0.2) is 0 Å². The van der Waals surface area contributed by atoms with Crippen molar-refractivity contribution in [3.05, 3.63) is 58.9 Å². The smallest absolute Gasteiger partial charge is 0.264 e. The molecule has 0 spiro atoms. The summed E-state index contributed by atoms with van der Waals surface area (Å²) in [5.41, 5.74) is 0.390. The van der Waals surface area contributed by atoms with Crippen molar-refractivity contribution in [2.45, 2.75) is 30.7 Å². The monoisotopic (exact) mass is 445 g/mol. The van der Waals surface area contributed by atoms with Gasteiger partial charge in [-0.3, -0.25) is 34.1 Å². The molecule has 160 valence electrons. The molecule has 2 aromatic carbocycles. The van der Waals surface area contributed by atoms with Crippen molar-refractivity contribution < 1.29 is 32.0 Å². The zero-order valence-corrected chi connectivity index (χ0v) is 17.0. The highest BCUT2D eigenvalue weighted by Crippen LogP contribution is 2.30. The van der Waals surface area contributed by atoms with E-state index in [0.717, 1.165) is 17.0 Å². The van der Waals surface area contributed by atoms with Crippen LogP contribution in [0.2, 0.25) is 0 Å². The quantitative estimate of drug-likeness (QED) is 0.683. The lowest BCUT2D eigenvalue weighted by molar-refractivity contribution is -0.136. The number of amides is 4. The van der Waals surface area contributed by atoms with Crippen LogP contribution in [-0.4, -0.2) is 43.0 Å². The van der Waals surface area contributed by atoms with Gasteiger partial charge in [0, 0.05) is 12.1 Å². The summed E-state index contributed by atoms with van der Waals surface area (Å²) in [6.07, 6.45) is -0.0147. The van der Waals surface area contributed by atoms with Gasteiger partial charge in [-0.2, -0.15) is 0 Å². The molecule has 2 N–H and O–H groups in total. The Morgan fingerprint density at radius 2 is 1.74 bits per heavy atom. The highest BCUT2D eigenvalue weighted by atomic mass is 32.2. The maximum absolute atomic E-state index is 14.0. The molecule has 9 nitrogen and oxygen atoms in total. The molecule has 0 aromatic heterocycles. The first-order chi connectivity index (χ1) is 14.6. The van der Waals surface area contributed by atoms with Gasteiger partial charge in [-0.05, 0) is 49.2 Å². The molecule has 0 radical (unpaired) electrons. The van der Waals surface area contributed by atoms with Crippen molar-refractivity contribution in [3.63, 3.8) is 0 Å². The van der Waals surface area contributed by atoms with E-state index in [4.69, 9.17) is 0 Å². The second-order valence-corrected chi connectivity index (χ2v) is 8.90. The Hall–Kier alpha value is -3.60. The topological polar surface area (TPSA) is 130 Å². The van der Waals surface area contributed by atoms with E-state index in [1.807, 2.05) is 0 Å². The van der Waals surface area contributed by atoms with Crippen molar-refractivity contribution in [1.29, 1.82) is 0 Å². The van der Waals surface area contributed by atoms with Crippen LogP contribution < -0.4 is 10.0 Å². The zero-order valence-electron chi connectivity index (χ0n) is 16.1. The largest absolute Gasteiger partial charge is 0.295 e. The minimum Gasteiger partial charge on any atom is -0.295 e. The molecule has 2 aliphatic heterocycles. The lowest BCUT2D eigenvalue weighted by Gasteiger charge is -2.27. The van der Waals surface area contributed by atoms with Crippen LogP contribution in [0.3, 0.4) is 0 Å². The second kappa shape index (κ2) is 7.27. The van der Waals surface area contributed by atoms with E-state index in [9.17, 15) is 32.0 Å². The number of carbonyl (C=O) groups is 4. The number of nitrogens with zero attached hydrogens (tertiary/aromatic N) is 1. The van der Waals surface area contributed by atoms with Gasteiger partial charge in [0.2, 0.25) is 11.8 Å². The van der Waals surface area contributed by atoms with Gasteiger partial charge < -0.3 is 0 Å². The number of sulfonamides is 1. The molecule has 2 aliphatic rings. The van der Waals surface area contributed by atoms with Crippen LogP contribution in [0.5, 0.6) is 0 Å². The highest BCUT2D eigenvalue weighted by Gasteiger charge is 2.44. The number of nitrogens with one attached hydrogen (secondary N) is 2. The maximum Gasteiger partial charge on any atom is 0.264 e. The zero-order chi connectivity index (χ0) is 22.5. The Bertz CT molecular complexity index is 1270. The first-order valence-corrected chi connectivity index (χ1v) is 10.7. The van der Waals surface area contributed by atoms with Crippen molar-refractivity contribution in [2.75, 3.05) is 4.72 Å². The van der Waals surface area contributed by atoms with Gasteiger partial charge in [0.05, 0.1) is 11.1 Å². The standard InChI is InChI=1S/C20H16FN3O6S/c1-10-2-5-14(21)16(8-10)31(29,30)23-11-3-4-12-13(9-11)20(28)24(19(12)27)15-6-7-17(25)22-18(15)26/h2-5,8-9,15,23H,6-7H2,1H3,(H,22,25,26). The van der Waals surface area contributed by atoms with E-state index < -0.39 is 50.4 Å². The lowest BCUT2D eigenvalue weighted by Crippen LogP contribution is -2.54. The molecule has 4 amide bonds. The second-order valence-electron chi connectivity index (χ2n) is 7.25. The Labute approximate surface area is 176 Å². The maximum atomic E-state index is 14.0. The van der Waals surface area contributed by atoms with Crippen molar-refractivity contribution in [1.82, 2.24) is 10.2 Å². The number of rotatable bonds is 4. The van der Waals surface area contributed by atoms with Gasteiger partial charge in [-0.1, -0.05) is 6.07 Å². The third kappa shape index (κ3) is 3.56. The van der Waals surface area contributed by atoms with Crippen LogP contribution >= 0.6 is 0 Å². The third-order valence-electron chi connectivity index (χ3n) is 5.07. The summed E-state index contributed by atoms with van der Waals surface area (Å²) in [4.78, 5) is 49.2. The number of imide groups is 2. The van der Waals surface area contributed by atoms with Crippen LogP contribution in [0.4, 0.5) is 10.1 Å².